The molecule has 0 unspecified atom stereocenters. The van der Waals surface area contributed by atoms with E-state index >= 15 is 0 Å². The lowest BCUT2D eigenvalue weighted by Gasteiger charge is -2.07. The molecular formula is C8H6F4S. The maximum absolute atomic E-state index is 12.9. The molecule has 0 saturated heterocycles. The first-order chi connectivity index (χ1) is 6.07. The first-order valence-corrected chi connectivity index (χ1v) is 4.60. The van der Waals surface area contributed by atoms with Gasteiger partial charge in [0.05, 0.1) is 4.90 Å². The van der Waals surface area contributed by atoms with Crippen LogP contribution in [0.15, 0.2) is 17.0 Å². The third-order valence-corrected chi connectivity index (χ3v) is 2.34. The van der Waals surface area contributed by atoms with Gasteiger partial charge in [0, 0.05) is 5.56 Å². The topological polar surface area (TPSA) is 0 Å². The van der Waals surface area contributed by atoms with Crippen molar-refractivity contribution in [2.75, 3.05) is 6.26 Å². The monoisotopic (exact) mass is 210 g/mol. The van der Waals surface area contributed by atoms with E-state index in [4.69, 9.17) is 0 Å². The average Bonchev–Trinajstić information content (AvgIpc) is 2.09. The first kappa shape index (κ1) is 10.4. The number of thioether (sulfide) groups is 1. The van der Waals surface area contributed by atoms with E-state index in [0.717, 1.165) is 17.8 Å². The molecule has 0 atom stereocenters. The van der Waals surface area contributed by atoms with Gasteiger partial charge < -0.3 is 0 Å². The zero-order valence-electron chi connectivity index (χ0n) is 6.65. The van der Waals surface area contributed by atoms with Gasteiger partial charge in [0.2, 0.25) is 0 Å². The van der Waals surface area contributed by atoms with Gasteiger partial charge in [-0.3, -0.25) is 0 Å². The minimum absolute atomic E-state index is 0.324. The molecule has 0 amide bonds. The molecule has 0 N–H and O–H groups in total. The third kappa shape index (κ3) is 1.96. The SMILES string of the molecule is CSc1c(C(F)F)ccc(F)c1F. The first-order valence-electron chi connectivity index (χ1n) is 3.38. The molecule has 0 spiro atoms. The minimum Gasteiger partial charge on any atom is -0.205 e. The fourth-order valence-corrected chi connectivity index (χ4v) is 1.60. The lowest BCUT2D eigenvalue weighted by Crippen LogP contribution is -1.95. The van der Waals surface area contributed by atoms with Crippen molar-refractivity contribution in [1.29, 1.82) is 0 Å². The van der Waals surface area contributed by atoms with Crippen LogP contribution >= 0.6 is 11.8 Å². The lowest BCUT2D eigenvalue weighted by atomic mass is 10.2. The van der Waals surface area contributed by atoms with Gasteiger partial charge in [-0.05, 0) is 18.4 Å². The molecule has 1 aromatic carbocycles. The van der Waals surface area contributed by atoms with E-state index in [0.29, 0.717) is 6.07 Å². The Morgan fingerprint density at radius 2 is 1.85 bits per heavy atom. The van der Waals surface area contributed by atoms with Gasteiger partial charge in [-0.25, -0.2) is 17.6 Å². The number of hydrogen-bond donors (Lipinski definition) is 0. The fourth-order valence-electron chi connectivity index (χ4n) is 0.926. The molecule has 0 radical (unpaired) electrons. The molecule has 13 heavy (non-hydrogen) atoms. The number of hydrogen-bond acceptors (Lipinski definition) is 1. The van der Waals surface area contributed by atoms with E-state index in [2.05, 4.69) is 0 Å². The molecule has 0 saturated carbocycles. The standard InChI is InChI=1S/C8H6F4S/c1-13-7-4(8(11)12)2-3-5(9)6(7)10/h2-3,8H,1H3. The van der Waals surface area contributed by atoms with Crippen LogP contribution in [-0.2, 0) is 0 Å². The normalized spacial score (nSPS) is 10.9. The number of alkyl halides is 2. The van der Waals surface area contributed by atoms with Gasteiger partial charge in [0.1, 0.15) is 0 Å². The summed E-state index contributed by atoms with van der Waals surface area (Å²) < 4.78 is 49.9. The summed E-state index contributed by atoms with van der Waals surface area (Å²) in [6.07, 6.45) is -1.36. The van der Waals surface area contributed by atoms with Gasteiger partial charge >= 0.3 is 0 Å². The van der Waals surface area contributed by atoms with Crippen molar-refractivity contribution in [3.63, 3.8) is 0 Å². The van der Waals surface area contributed by atoms with E-state index < -0.39 is 23.6 Å². The Balaban J connectivity index is 3.30. The summed E-state index contributed by atoms with van der Waals surface area (Å²) in [4.78, 5) is -0.324. The van der Waals surface area contributed by atoms with Crippen molar-refractivity contribution in [3.8, 4) is 0 Å². The quantitative estimate of drug-likeness (QED) is 0.530. The van der Waals surface area contributed by atoms with Crippen molar-refractivity contribution in [1.82, 2.24) is 0 Å². The molecule has 0 bridgehead atoms. The van der Waals surface area contributed by atoms with Crippen LogP contribution in [0.5, 0.6) is 0 Å². The molecule has 0 heterocycles. The van der Waals surface area contributed by atoms with Crippen molar-refractivity contribution >= 4 is 11.8 Å². The number of benzene rings is 1. The van der Waals surface area contributed by atoms with Crippen molar-refractivity contribution in [2.45, 2.75) is 11.3 Å². The Kier molecular flexibility index (Phi) is 3.19. The predicted octanol–water partition coefficient (Wildman–Crippen LogP) is 3.62. The van der Waals surface area contributed by atoms with Crippen LogP contribution in [0.1, 0.15) is 12.0 Å². The van der Waals surface area contributed by atoms with Crippen LogP contribution in [-0.4, -0.2) is 6.26 Å². The molecule has 1 aromatic rings. The van der Waals surface area contributed by atoms with Gasteiger partial charge in [0.25, 0.3) is 6.43 Å². The average molecular weight is 210 g/mol. The molecule has 5 heteroatoms. The smallest absolute Gasteiger partial charge is 0.205 e. The van der Waals surface area contributed by atoms with E-state index in [1.54, 1.807) is 0 Å². The zero-order chi connectivity index (χ0) is 10.0. The Morgan fingerprint density at radius 3 is 2.31 bits per heavy atom. The Morgan fingerprint density at radius 1 is 1.23 bits per heavy atom. The third-order valence-electron chi connectivity index (χ3n) is 1.52. The van der Waals surface area contributed by atoms with Crippen molar-refractivity contribution in [2.24, 2.45) is 0 Å². The molecule has 0 fully saturated rings. The summed E-state index contributed by atoms with van der Waals surface area (Å²) in [6, 6.07) is 1.60. The summed E-state index contributed by atoms with van der Waals surface area (Å²) in [5.41, 5.74) is -0.466. The highest BCUT2D eigenvalue weighted by atomic mass is 32.2. The highest BCUT2D eigenvalue weighted by Gasteiger charge is 2.18. The van der Waals surface area contributed by atoms with Gasteiger partial charge in [-0.1, -0.05) is 0 Å². The zero-order valence-corrected chi connectivity index (χ0v) is 7.47. The van der Waals surface area contributed by atoms with Crippen molar-refractivity contribution < 1.29 is 17.6 Å². The van der Waals surface area contributed by atoms with E-state index in [1.807, 2.05) is 0 Å². The van der Waals surface area contributed by atoms with Crippen LogP contribution < -0.4 is 0 Å². The molecule has 0 aromatic heterocycles. The summed E-state index contributed by atoms with van der Waals surface area (Å²) in [7, 11) is 0. The maximum Gasteiger partial charge on any atom is 0.265 e. The number of halogens is 4. The summed E-state index contributed by atoms with van der Waals surface area (Å²) in [5.74, 6) is -2.31. The van der Waals surface area contributed by atoms with Crippen LogP contribution in [0.3, 0.4) is 0 Å². The molecule has 0 aliphatic heterocycles. The second kappa shape index (κ2) is 4.00. The second-order valence-corrected chi connectivity index (χ2v) is 3.10. The molecule has 1 rings (SSSR count). The highest BCUT2D eigenvalue weighted by Crippen LogP contribution is 2.32. The van der Waals surface area contributed by atoms with E-state index in [1.165, 1.54) is 6.26 Å². The molecule has 0 aliphatic carbocycles. The van der Waals surface area contributed by atoms with Gasteiger partial charge in [0.15, 0.2) is 11.6 Å². The van der Waals surface area contributed by atoms with E-state index in [9.17, 15) is 17.6 Å². The minimum atomic E-state index is -2.78. The van der Waals surface area contributed by atoms with Crippen molar-refractivity contribution in [3.05, 3.63) is 29.3 Å². The van der Waals surface area contributed by atoms with Crippen LogP contribution in [0.25, 0.3) is 0 Å². The summed E-state index contributed by atoms with van der Waals surface area (Å²) >= 11 is 0.770. The van der Waals surface area contributed by atoms with Crippen LogP contribution in [0, 0.1) is 11.6 Å². The van der Waals surface area contributed by atoms with Gasteiger partial charge in [-0.2, -0.15) is 0 Å². The molecule has 0 nitrogen and oxygen atoms in total. The highest BCUT2D eigenvalue weighted by molar-refractivity contribution is 7.98. The van der Waals surface area contributed by atoms with Crippen LogP contribution in [0.2, 0.25) is 0 Å². The largest absolute Gasteiger partial charge is 0.265 e. The van der Waals surface area contributed by atoms with Gasteiger partial charge in [-0.15, -0.1) is 11.8 Å². The molecule has 0 aliphatic rings. The Hall–Kier alpha value is -0.710. The Labute approximate surface area is 76.9 Å². The summed E-state index contributed by atoms with van der Waals surface area (Å²) in [6.45, 7) is 0. The second-order valence-electron chi connectivity index (χ2n) is 2.28. The Bertz CT molecular complexity index is 311. The lowest BCUT2D eigenvalue weighted by molar-refractivity contribution is 0.147. The van der Waals surface area contributed by atoms with E-state index in [-0.39, 0.29) is 4.90 Å². The maximum atomic E-state index is 12.9. The fraction of sp³-hybridized carbons (Fsp3) is 0.250. The predicted molar refractivity (Wildman–Crippen MR) is 43.1 cm³/mol. The summed E-state index contributed by atoms with van der Waals surface area (Å²) in [5, 5.41) is 0. The number of rotatable bonds is 2. The molecule has 72 valence electrons. The molecular weight excluding hydrogens is 204 g/mol. The van der Waals surface area contributed by atoms with Crippen LogP contribution in [0.4, 0.5) is 17.6 Å².